The van der Waals surface area contributed by atoms with Crippen LogP contribution in [0.2, 0.25) is 0 Å². The van der Waals surface area contributed by atoms with E-state index in [1.165, 1.54) is 6.33 Å². The Balaban J connectivity index is 1.66. The topological polar surface area (TPSA) is 91.9 Å². The zero-order valence-corrected chi connectivity index (χ0v) is 18.0. The van der Waals surface area contributed by atoms with Crippen molar-refractivity contribution < 1.29 is 14.2 Å². The fourth-order valence-electron chi connectivity index (χ4n) is 3.83. The predicted molar refractivity (Wildman–Crippen MR) is 120 cm³/mol. The van der Waals surface area contributed by atoms with Gasteiger partial charge in [0.1, 0.15) is 30.0 Å². The molecule has 0 amide bonds. The van der Waals surface area contributed by atoms with Crippen LogP contribution < -0.4 is 10.5 Å². The lowest BCUT2D eigenvalue weighted by atomic mass is 9.80. The van der Waals surface area contributed by atoms with Crippen LogP contribution >= 0.6 is 0 Å². The van der Waals surface area contributed by atoms with E-state index in [0.717, 1.165) is 27.8 Å². The van der Waals surface area contributed by atoms with Gasteiger partial charge in [0, 0.05) is 41.8 Å². The number of benzene rings is 2. The van der Waals surface area contributed by atoms with Crippen LogP contribution in [0.4, 0.5) is 0 Å². The van der Waals surface area contributed by atoms with Crippen molar-refractivity contribution in [2.45, 2.75) is 25.0 Å². The highest BCUT2D eigenvalue weighted by molar-refractivity contribution is 5.78. The molecular weight excluding hydrogens is 404 g/mol. The first-order chi connectivity index (χ1) is 15.4. The Morgan fingerprint density at radius 3 is 2.44 bits per heavy atom. The average Bonchev–Trinajstić information content (AvgIpc) is 3.21. The molecule has 7 nitrogen and oxygen atoms in total. The molecule has 5 rings (SSSR count). The summed E-state index contributed by atoms with van der Waals surface area (Å²) in [5, 5.41) is 0. The number of nitrogens with two attached hydrogens (primary N) is 1. The number of nitrogens with zero attached hydrogens (tertiary/aromatic N) is 3. The van der Waals surface area contributed by atoms with Crippen molar-refractivity contribution in [1.82, 2.24) is 9.97 Å². The highest BCUT2D eigenvalue weighted by Gasteiger charge is 2.47. The molecule has 1 spiro atoms. The molecule has 7 heteroatoms. The molecule has 160 valence electrons. The van der Waals surface area contributed by atoms with E-state index in [0.29, 0.717) is 11.5 Å². The molecule has 2 aliphatic heterocycles. The van der Waals surface area contributed by atoms with Gasteiger partial charge in [0.2, 0.25) is 0 Å². The van der Waals surface area contributed by atoms with Gasteiger partial charge in [-0.05, 0) is 49.7 Å². The van der Waals surface area contributed by atoms with Gasteiger partial charge >= 0.3 is 0 Å². The largest absolute Gasteiger partial charge is 0.462 e. The van der Waals surface area contributed by atoms with Crippen LogP contribution in [0.15, 0.2) is 60.1 Å². The Hall–Kier alpha value is -3.89. The molecule has 2 aromatic carbocycles. The number of rotatable bonds is 2. The second-order valence-electron chi connectivity index (χ2n) is 8.21. The van der Waals surface area contributed by atoms with Crippen molar-refractivity contribution in [3.05, 3.63) is 71.8 Å². The minimum absolute atomic E-state index is 0.147. The summed E-state index contributed by atoms with van der Waals surface area (Å²) in [5.74, 6) is 7.76. The number of aromatic nitrogens is 2. The average molecular weight is 426 g/mol. The molecule has 0 saturated heterocycles. The Kier molecular flexibility index (Phi) is 4.61. The molecule has 0 saturated carbocycles. The van der Waals surface area contributed by atoms with Gasteiger partial charge in [-0.25, -0.2) is 15.0 Å². The molecule has 2 aliphatic rings. The molecule has 2 N–H and O–H groups in total. The second-order valence-corrected chi connectivity index (χ2v) is 8.21. The number of hydrogen-bond acceptors (Lipinski definition) is 7. The Morgan fingerprint density at radius 2 is 1.75 bits per heavy atom. The minimum atomic E-state index is -0.826. The lowest BCUT2D eigenvalue weighted by Crippen LogP contribution is -2.31. The molecular formula is C25H22N4O3. The van der Waals surface area contributed by atoms with E-state index in [1.54, 1.807) is 19.5 Å². The zero-order chi connectivity index (χ0) is 22.3. The summed E-state index contributed by atoms with van der Waals surface area (Å²) in [6, 6.07) is 11.9. The standard InChI is InChI=1S/C25H22N4O3/c1-24(2,30-3)9-8-16-4-6-21-19(10-16)25(14-31-23(26)29-25)20-11-17(5-7-22(20)32-21)18-12-27-15-28-13-18/h4-7,10-13,15H,14H2,1-3H3,(H2,26,29)/t25-/m0/s1. The van der Waals surface area contributed by atoms with Gasteiger partial charge in [0.25, 0.3) is 6.02 Å². The number of fused-ring (bicyclic) bond motifs is 4. The summed E-state index contributed by atoms with van der Waals surface area (Å²) in [7, 11) is 1.64. The first kappa shape index (κ1) is 20.0. The van der Waals surface area contributed by atoms with Crippen LogP contribution in [-0.4, -0.2) is 35.3 Å². The number of methoxy groups -OCH3 is 1. The number of ether oxygens (including phenoxy) is 3. The Bertz CT molecular complexity index is 1290. The summed E-state index contributed by atoms with van der Waals surface area (Å²) in [6.07, 6.45) is 5.05. The molecule has 1 aromatic heterocycles. The minimum Gasteiger partial charge on any atom is -0.462 e. The molecule has 1 atom stereocenters. The lowest BCUT2D eigenvalue weighted by Gasteiger charge is -2.33. The maximum Gasteiger partial charge on any atom is 0.283 e. The summed E-state index contributed by atoms with van der Waals surface area (Å²) in [6.45, 7) is 4.12. The van der Waals surface area contributed by atoms with Crippen LogP contribution in [0, 0.1) is 11.8 Å². The quantitative estimate of drug-likeness (QED) is 0.630. The second kappa shape index (κ2) is 7.36. The van der Waals surface area contributed by atoms with Gasteiger partial charge in [-0.2, -0.15) is 0 Å². The maximum absolute atomic E-state index is 6.24. The maximum atomic E-state index is 6.24. The van der Waals surface area contributed by atoms with Crippen molar-refractivity contribution in [1.29, 1.82) is 0 Å². The van der Waals surface area contributed by atoms with E-state index >= 15 is 0 Å². The molecule has 32 heavy (non-hydrogen) atoms. The SMILES string of the molecule is COC(C)(C)C#Cc1ccc2c(c1)[C@@]1(COC(N)=N1)c1cc(-c3cncnc3)ccc1O2. The zero-order valence-electron chi connectivity index (χ0n) is 18.0. The smallest absolute Gasteiger partial charge is 0.283 e. The summed E-state index contributed by atoms with van der Waals surface area (Å²) in [4.78, 5) is 13.0. The van der Waals surface area contributed by atoms with Crippen molar-refractivity contribution in [2.24, 2.45) is 10.7 Å². The van der Waals surface area contributed by atoms with Crippen molar-refractivity contribution in [2.75, 3.05) is 13.7 Å². The Labute approximate surface area is 186 Å². The van der Waals surface area contributed by atoms with Crippen LogP contribution in [-0.2, 0) is 15.0 Å². The van der Waals surface area contributed by atoms with E-state index in [-0.39, 0.29) is 12.6 Å². The molecule has 3 aromatic rings. The lowest BCUT2D eigenvalue weighted by molar-refractivity contribution is 0.0742. The molecule has 0 radical (unpaired) electrons. The van der Waals surface area contributed by atoms with E-state index in [1.807, 2.05) is 50.2 Å². The van der Waals surface area contributed by atoms with E-state index in [2.05, 4.69) is 21.8 Å². The Morgan fingerprint density at radius 1 is 1.03 bits per heavy atom. The van der Waals surface area contributed by atoms with Gasteiger partial charge in [0.05, 0.1) is 0 Å². The van der Waals surface area contributed by atoms with Crippen LogP contribution in [0.5, 0.6) is 11.5 Å². The highest BCUT2D eigenvalue weighted by atomic mass is 16.5. The molecule has 0 bridgehead atoms. The third-order valence-corrected chi connectivity index (χ3v) is 5.71. The van der Waals surface area contributed by atoms with E-state index in [4.69, 9.17) is 24.9 Å². The van der Waals surface area contributed by atoms with Crippen molar-refractivity contribution in [3.8, 4) is 34.5 Å². The van der Waals surface area contributed by atoms with Crippen LogP contribution in [0.1, 0.15) is 30.5 Å². The first-order valence-corrected chi connectivity index (χ1v) is 10.2. The number of aliphatic imine (C=N–C) groups is 1. The van der Waals surface area contributed by atoms with Crippen LogP contribution in [0.25, 0.3) is 11.1 Å². The summed E-state index contributed by atoms with van der Waals surface area (Å²) >= 11 is 0. The number of amidine groups is 1. The third kappa shape index (κ3) is 3.35. The number of hydrogen-bond donors (Lipinski definition) is 1. The fraction of sp³-hybridized carbons (Fsp3) is 0.240. The van der Waals surface area contributed by atoms with Gasteiger partial charge in [-0.1, -0.05) is 17.9 Å². The van der Waals surface area contributed by atoms with Crippen molar-refractivity contribution >= 4 is 6.02 Å². The summed E-state index contributed by atoms with van der Waals surface area (Å²) < 4.78 is 17.3. The molecule has 0 unspecified atom stereocenters. The molecule has 3 heterocycles. The first-order valence-electron chi connectivity index (χ1n) is 10.2. The van der Waals surface area contributed by atoms with Gasteiger partial charge in [-0.3, -0.25) is 0 Å². The monoisotopic (exact) mass is 426 g/mol. The summed E-state index contributed by atoms with van der Waals surface area (Å²) in [5.41, 5.74) is 9.02. The van der Waals surface area contributed by atoms with E-state index in [9.17, 15) is 0 Å². The fourth-order valence-corrected chi connectivity index (χ4v) is 3.83. The normalized spacial score (nSPS) is 18.5. The predicted octanol–water partition coefficient (Wildman–Crippen LogP) is 3.61. The van der Waals surface area contributed by atoms with E-state index < -0.39 is 11.1 Å². The van der Waals surface area contributed by atoms with Gasteiger partial charge in [0.15, 0.2) is 5.54 Å². The highest BCUT2D eigenvalue weighted by Crippen LogP contribution is 2.51. The van der Waals surface area contributed by atoms with Gasteiger partial charge < -0.3 is 19.9 Å². The van der Waals surface area contributed by atoms with Crippen molar-refractivity contribution in [3.63, 3.8) is 0 Å². The molecule has 0 aliphatic carbocycles. The van der Waals surface area contributed by atoms with Gasteiger partial charge in [-0.15, -0.1) is 0 Å². The van der Waals surface area contributed by atoms with Crippen LogP contribution in [0.3, 0.4) is 0 Å². The third-order valence-electron chi connectivity index (χ3n) is 5.71. The molecule has 0 fully saturated rings.